The van der Waals surface area contributed by atoms with Crippen molar-refractivity contribution in [2.75, 3.05) is 4.90 Å². The van der Waals surface area contributed by atoms with Crippen LogP contribution in [0.4, 0.5) is 5.69 Å². The highest BCUT2D eigenvalue weighted by Gasteiger charge is 2.19. The van der Waals surface area contributed by atoms with Gasteiger partial charge in [-0.1, -0.05) is 36.4 Å². The standard InChI is InChI=1S/C19H18N6O/c1-23-17(11-15-7-5-6-10-18(15)23)12-25(16-8-3-2-4-9-16)19(26)13-24-14-20-21-22-24/h2-11,14H,12-13H2,1H3. The molecule has 0 spiro atoms. The van der Waals surface area contributed by atoms with E-state index in [9.17, 15) is 4.79 Å². The largest absolute Gasteiger partial charge is 0.346 e. The van der Waals surface area contributed by atoms with Crippen LogP contribution in [0.5, 0.6) is 0 Å². The number of nitrogens with zero attached hydrogens (tertiary/aromatic N) is 6. The van der Waals surface area contributed by atoms with Crippen LogP contribution in [0.25, 0.3) is 10.9 Å². The third-order valence-corrected chi connectivity index (χ3v) is 4.43. The summed E-state index contributed by atoms with van der Waals surface area (Å²) in [5.74, 6) is -0.0752. The first-order valence-electron chi connectivity index (χ1n) is 8.32. The van der Waals surface area contributed by atoms with E-state index in [-0.39, 0.29) is 12.5 Å². The van der Waals surface area contributed by atoms with Crippen molar-refractivity contribution in [2.45, 2.75) is 13.1 Å². The third-order valence-electron chi connectivity index (χ3n) is 4.43. The predicted molar refractivity (Wildman–Crippen MR) is 98.4 cm³/mol. The van der Waals surface area contributed by atoms with Gasteiger partial charge in [-0.25, -0.2) is 4.68 Å². The van der Waals surface area contributed by atoms with Crippen molar-refractivity contribution in [3.63, 3.8) is 0 Å². The van der Waals surface area contributed by atoms with Gasteiger partial charge in [-0.05, 0) is 40.1 Å². The van der Waals surface area contributed by atoms with Gasteiger partial charge in [-0.3, -0.25) is 4.79 Å². The van der Waals surface area contributed by atoms with Crippen molar-refractivity contribution in [2.24, 2.45) is 7.05 Å². The normalized spacial score (nSPS) is 11.0. The number of carbonyl (C=O) groups excluding carboxylic acids is 1. The number of hydrogen-bond donors (Lipinski definition) is 0. The van der Waals surface area contributed by atoms with Gasteiger partial charge < -0.3 is 9.47 Å². The summed E-state index contributed by atoms with van der Waals surface area (Å²) < 4.78 is 3.55. The number of para-hydroxylation sites is 2. The third kappa shape index (κ3) is 3.06. The fraction of sp³-hybridized carbons (Fsp3) is 0.158. The van der Waals surface area contributed by atoms with Crippen molar-refractivity contribution in [1.29, 1.82) is 0 Å². The molecule has 0 atom stereocenters. The minimum Gasteiger partial charge on any atom is -0.346 e. The molecule has 4 rings (SSSR count). The number of fused-ring (bicyclic) bond motifs is 1. The van der Waals surface area contributed by atoms with Crippen LogP contribution >= 0.6 is 0 Å². The zero-order valence-electron chi connectivity index (χ0n) is 14.4. The number of aromatic nitrogens is 5. The Morgan fingerprint density at radius 1 is 1.08 bits per heavy atom. The molecule has 1 amide bonds. The van der Waals surface area contributed by atoms with E-state index in [1.807, 2.05) is 49.5 Å². The lowest BCUT2D eigenvalue weighted by Crippen LogP contribution is -2.34. The van der Waals surface area contributed by atoms with E-state index < -0.39 is 0 Å². The number of hydrogen-bond acceptors (Lipinski definition) is 4. The molecule has 7 heteroatoms. The number of tetrazole rings is 1. The molecule has 0 saturated carbocycles. The minimum atomic E-state index is -0.0752. The van der Waals surface area contributed by atoms with Crippen LogP contribution in [0.15, 0.2) is 67.0 Å². The van der Waals surface area contributed by atoms with E-state index in [1.54, 1.807) is 4.90 Å². The van der Waals surface area contributed by atoms with Gasteiger partial charge in [-0.15, -0.1) is 5.10 Å². The Kier molecular flexibility index (Phi) is 4.18. The minimum absolute atomic E-state index is 0.0752. The lowest BCUT2D eigenvalue weighted by atomic mass is 10.2. The summed E-state index contributed by atoms with van der Waals surface area (Å²) in [5, 5.41) is 12.1. The second-order valence-electron chi connectivity index (χ2n) is 6.08. The first-order chi connectivity index (χ1) is 12.7. The molecule has 0 radical (unpaired) electrons. The number of aryl methyl sites for hydroxylation is 1. The average molecular weight is 346 g/mol. The molecule has 0 bridgehead atoms. The molecule has 0 saturated heterocycles. The highest BCUT2D eigenvalue weighted by Crippen LogP contribution is 2.22. The summed E-state index contributed by atoms with van der Waals surface area (Å²) in [4.78, 5) is 14.7. The van der Waals surface area contributed by atoms with Gasteiger partial charge >= 0.3 is 0 Å². The zero-order chi connectivity index (χ0) is 17.9. The Morgan fingerprint density at radius 3 is 2.58 bits per heavy atom. The summed E-state index contributed by atoms with van der Waals surface area (Å²) >= 11 is 0. The summed E-state index contributed by atoms with van der Waals surface area (Å²) in [6.45, 7) is 0.558. The quantitative estimate of drug-likeness (QED) is 0.556. The van der Waals surface area contributed by atoms with Gasteiger partial charge in [0.05, 0.1) is 6.54 Å². The molecule has 4 aromatic rings. The first kappa shape index (κ1) is 16.0. The highest BCUT2D eigenvalue weighted by molar-refractivity contribution is 5.93. The Labute approximate surface area is 150 Å². The van der Waals surface area contributed by atoms with Gasteiger partial charge in [0.2, 0.25) is 5.91 Å². The summed E-state index contributed by atoms with van der Waals surface area (Å²) in [6.07, 6.45) is 1.44. The van der Waals surface area contributed by atoms with E-state index in [1.165, 1.54) is 11.0 Å². The van der Waals surface area contributed by atoms with Gasteiger partial charge in [-0.2, -0.15) is 0 Å². The van der Waals surface area contributed by atoms with E-state index in [0.29, 0.717) is 6.54 Å². The fourth-order valence-corrected chi connectivity index (χ4v) is 3.07. The van der Waals surface area contributed by atoms with Crippen molar-refractivity contribution >= 4 is 22.5 Å². The van der Waals surface area contributed by atoms with Crippen molar-refractivity contribution in [1.82, 2.24) is 24.8 Å². The van der Waals surface area contributed by atoms with Crippen LogP contribution in [0, 0.1) is 0 Å². The number of amides is 1. The first-order valence-corrected chi connectivity index (χ1v) is 8.32. The van der Waals surface area contributed by atoms with Gasteiger partial charge in [0.15, 0.2) is 0 Å². The Hall–Kier alpha value is -3.48. The van der Waals surface area contributed by atoms with Gasteiger partial charge in [0.25, 0.3) is 0 Å². The van der Waals surface area contributed by atoms with Crippen molar-refractivity contribution < 1.29 is 4.79 Å². The summed E-state index contributed by atoms with van der Waals surface area (Å²) in [5.41, 5.74) is 3.04. The Balaban J connectivity index is 1.68. The topological polar surface area (TPSA) is 68.8 Å². The number of benzene rings is 2. The lowest BCUT2D eigenvalue weighted by molar-refractivity contribution is -0.119. The second-order valence-corrected chi connectivity index (χ2v) is 6.08. The molecule has 0 unspecified atom stereocenters. The van der Waals surface area contributed by atoms with Crippen LogP contribution in [0.1, 0.15) is 5.69 Å². The van der Waals surface area contributed by atoms with Crippen molar-refractivity contribution in [3.05, 3.63) is 72.7 Å². The van der Waals surface area contributed by atoms with Crippen LogP contribution in [0.3, 0.4) is 0 Å². The highest BCUT2D eigenvalue weighted by atomic mass is 16.2. The molecular weight excluding hydrogens is 328 g/mol. The van der Waals surface area contributed by atoms with E-state index in [4.69, 9.17) is 0 Å². The average Bonchev–Trinajstić information content (AvgIpc) is 3.29. The Morgan fingerprint density at radius 2 is 1.85 bits per heavy atom. The molecule has 0 aliphatic rings. The second kappa shape index (κ2) is 6.79. The molecule has 26 heavy (non-hydrogen) atoms. The van der Waals surface area contributed by atoms with Crippen molar-refractivity contribution in [3.8, 4) is 0 Å². The van der Waals surface area contributed by atoms with Gasteiger partial charge in [0.1, 0.15) is 12.9 Å². The maximum Gasteiger partial charge on any atom is 0.249 e. The molecule has 0 fully saturated rings. The molecule has 2 aromatic heterocycles. The van der Waals surface area contributed by atoms with E-state index in [2.05, 4.69) is 38.3 Å². The molecular formula is C19H18N6O. The van der Waals surface area contributed by atoms with E-state index in [0.717, 1.165) is 22.3 Å². The Bertz CT molecular complexity index is 1020. The summed E-state index contributed by atoms with van der Waals surface area (Å²) in [6, 6.07) is 20.0. The molecule has 0 N–H and O–H groups in total. The molecule has 7 nitrogen and oxygen atoms in total. The number of rotatable bonds is 5. The van der Waals surface area contributed by atoms with Crippen LogP contribution in [-0.4, -0.2) is 30.7 Å². The lowest BCUT2D eigenvalue weighted by Gasteiger charge is -2.23. The molecule has 2 aromatic carbocycles. The summed E-state index contributed by atoms with van der Waals surface area (Å²) in [7, 11) is 2.02. The fourth-order valence-electron chi connectivity index (χ4n) is 3.07. The maximum absolute atomic E-state index is 12.9. The molecule has 0 aliphatic heterocycles. The molecule has 130 valence electrons. The SMILES string of the molecule is Cn1c(CN(C(=O)Cn2cnnn2)c2ccccc2)cc2ccccc21. The zero-order valence-corrected chi connectivity index (χ0v) is 14.4. The predicted octanol–water partition coefficient (Wildman–Crippen LogP) is 2.40. The molecule has 0 aliphatic carbocycles. The number of carbonyl (C=O) groups is 1. The van der Waals surface area contributed by atoms with Gasteiger partial charge in [0, 0.05) is 23.9 Å². The maximum atomic E-state index is 12.9. The molecule has 2 heterocycles. The van der Waals surface area contributed by atoms with Crippen LogP contribution in [-0.2, 0) is 24.9 Å². The smallest absolute Gasteiger partial charge is 0.249 e. The van der Waals surface area contributed by atoms with Crippen LogP contribution in [0.2, 0.25) is 0 Å². The van der Waals surface area contributed by atoms with Crippen LogP contribution < -0.4 is 4.90 Å². The number of anilines is 1. The monoisotopic (exact) mass is 346 g/mol. The van der Waals surface area contributed by atoms with E-state index >= 15 is 0 Å².